The van der Waals surface area contributed by atoms with Crippen molar-refractivity contribution in [2.45, 2.75) is 32.5 Å². The molecule has 0 saturated carbocycles. The van der Waals surface area contributed by atoms with E-state index in [0.29, 0.717) is 18.9 Å². The van der Waals surface area contributed by atoms with Crippen molar-refractivity contribution in [2.24, 2.45) is 0 Å². The molecule has 0 fully saturated rings. The van der Waals surface area contributed by atoms with E-state index in [9.17, 15) is 9.59 Å². The molecule has 2 heterocycles. The summed E-state index contributed by atoms with van der Waals surface area (Å²) in [6.07, 6.45) is 5.69. The lowest BCUT2D eigenvalue weighted by molar-refractivity contribution is -0.149. The van der Waals surface area contributed by atoms with Crippen molar-refractivity contribution in [3.05, 3.63) is 95.8 Å². The predicted molar refractivity (Wildman–Crippen MR) is 127 cm³/mol. The minimum Gasteiger partial charge on any atom is -0.487 e. The second-order valence-electron chi connectivity index (χ2n) is 7.81. The fourth-order valence-corrected chi connectivity index (χ4v) is 3.73. The Morgan fingerprint density at radius 3 is 2.64 bits per heavy atom. The van der Waals surface area contributed by atoms with Crippen molar-refractivity contribution >= 4 is 23.6 Å². The van der Waals surface area contributed by atoms with Crippen LogP contribution in [0.1, 0.15) is 30.2 Å². The zero-order valence-electron chi connectivity index (χ0n) is 18.5. The van der Waals surface area contributed by atoms with E-state index in [0.717, 1.165) is 35.3 Å². The number of carbonyl (C=O) groups excluding carboxylic acids is 2. The van der Waals surface area contributed by atoms with Gasteiger partial charge in [0.25, 0.3) is 5.91 Å². The molecule has 0 spiro atoms. The maximum absolute atomic E-state index is 12.9. The van der Waals surface area contributed by atoms with Gasteiger partial charge >= 0.3 is 5.97 Å². The van der Waals surface area contributed by atoms with Crippen molar-refractivity contribution in [2.75, 3.05) is 11.4 Å². The van der Waals surface area contributed by atoms with Crippen LogP contribution < -0.4 is 9.64 Å². The molecule has 2 aromatic carbocycles. The van der Waals surface area contributed by atoms with Crippen LogP contribution in [0.3, 0.4) is 0 Å². The number of esters is 1. The van der Waals surface area contributed by atoms with Gasteiger partial charge in [-0.2, -0.15) is 0 Å². The lowest BCUT2D eigenvalue weighted by Crippen LogP contribution is -2.42. The monoisotopic (exact) mass is 442 g/mol. The highest BCUT2D eigenvalue weighted by Crippen LogP contribution is 2.27. The van der Waals surface area contributed by atoms with Crippen molar-refractivity contribution < 1.29 is 19.1 Å². The van der Waals surface area contributed by atoms with Gasteiger partial charge in [-0.15, -0.1) is 0 Å². The Morgan fingerprint density at radius 2 is 1.85 bits per heavy atom. The van der Waals surface area contributed by atoms with Gasteiger partial charge in [0.2, 0.25) is 0 Å². The smallest absolute Gasteiger partial charge is 0.331 e. The van der Waals surface area contributed by atoms with Gasteiger partial charge in [-0.3, -0.25) is 9.78 Å². The summed E-state index contributed by atoms with van der Waals surface area (Å²) in [4.78, 5) is 31.1. The molecule has 0 aliphatic carbocycles. The zero-order chi connectivity index (χ0) is 23.0. The van der Waals surface area contributed by atoms with E-state index >= 15 is 0 Å². The van der Waals surface area contributed by atoms with Gasteiger partial charge in [-0.1, -0.05) is 36.4 Å². The number of nitrogens with zero attached hydrogens (tertiary/aromatic N) is 2. The van der Waals surface area contributed by atoms with Crippen molar-refractivity contribution in [3.8, 4) is 5.75 Å². The molecule has 6 heteroatoms. The molecule has 1 aliphatic rings. The van der Waals surface area contributed by atoms with Crippen LogP contribution in [0.25, 0.3) is 6.08 Å². The maximum Gasteiger partial charge on any atom is 0.331 e. The first kappa shape index (κ1) is 22.3. The zero-order valence-corrected chi connectivity index (χ0v) is 18.5. The number of benzene rings is 2. The van der Waals surface area contributed by atoms with Gasteiger partial charge in [-0.25, -0.2) is 4.79 Å². The summed E-state index contributed by atoms with van der Waals surface area (Å²) in [7, 11) is 0. The third-order valence-corrected chi connectivity index (χ3v) is 5.42. The molecule has 0 radical (unpaired) electrons. The van der Waals surface area contributed by atoms with Gasteiger partial charge in [0.05, 0.1) is 5.69 Å². The number of pyridine rings is 1. The first-order chi connectivity index (χ1) is 16.1. The Labute approximate surface area is 193 Å². The summed E-state index contributed by atoms with van der Waals surface area (Å²) in [5, 5.41) is 0. The van der Waals surface area contributed by atoms with Crippen molar-refractivity contribution in [1.29, 1.82) is 0 Å². The quantitative estimate of drug-likeness (QED) is 0.396. The number of amides is 1. The second kappa shape index (κ2) is 10.6. The molecule has 6 nitrogen and oxygen atoms in total. The van der Waals surface area contributed by atoms with Crippen LogP contribution >= 0.6 is 0 Å². The average Bonchev–Trinajstić information content (AvgIpc) is 2.86. The second-order valence-corrected chi connectivity index (χ2v) is 7.81. The summed E-state index contributed by atoms with van der Waals surface area (Å²) >= 11 is 0. The summed E-state index contributed by atoms with van der Waals surface area (Å²) < 4.78 is 11.1. The number of aromatic nitrogens is 1. The lowest BCUT2D eigenvalue weighted by Gasteiger charge is -2.31. The van der Waals surface area contributed by atoms with Crippen LogP contribution in [-0.2, 0) is 27.4 Å². The highest BCUT2D eigenvalue weighted by molar-refractivity contribution is 5.99. The van der Waals surface area contributed by atoms with Crippen LogP contribution in [0.4, 0.5) is 5.69 Å². The van der Waals surface area contributed by atoms with Gasteiger partial charge in [0.1, 0.15) is 12.4 Å². The third kappa shape index (κ3) is 5.86. The molecule has 1 unspecified atom stereocenters. The van der Waals surface area contributed by atoms with Crippen LogP contribution in [0.15, 0.2) is 79.0 Å². The van der Waals surface area contributed by atoms with E-state index < -0.39 is 12.1 Å². The normalized spacial score (nSPS) is 13.9. The van der Waals surface area contributed by atoms with Gasteiger partial charge in [-0.05, 0) is 67.3 Å². The Kier molecular flexibility index (Phi) is 7.15. The van der Waals surface area contributed by atoms with E-state index in [1.165, 1.54) is 6.08 Å². The number of anilines is 1. The van der Waals surface area contributed by atoms with E-state index in [1.54, 1.807) is 24.1 Å². The van der Waals surface area contributed by atoms with E-state index in [-0.39, 0.29) is 5.91 Å². The van der Waals surface area contributed by atoms with E-state index in [1.807, 2.05) is 66.7 Å². The molecule has 1 atom stereocenters. The van der Waals surface area contributed by atoms with Crippen molar-refractivity contribution in [1.82, 2.24) is 4.98 Å². The van der Waals surface area contributed by atoms with Crippen LogP contribution in [0, 0.1) is 0 Å². The number of rotatable bonds is 7. The van der Waals surface area contributed by atoms with Gasteiger partial charge in [0, 0.05) is 24.5 Å². The number of hydrogen-bond donors (Lipinski definition) is 0. The lowest BCUT2D eigenvalue weighted by atomic mass is 10.0. The summed E-state index contributed by atoms with van der Waals surface area (Å²) in [5.41, 5.74) is 3.71. The number of hydrogen-bond acceptors (Lipinski definition) is 5. The van der Waals surface area contributed by atoms with Crippen LogP contribution in [0.2, 0.25) is 0 Å². The number of carbonyl (C=O) groups is 2. The molecule has 4 rings (SSSR count). The third-order valence-electron chi connectivity index (χ3n) is 5.42. The Bertz CT molecular complexity index is 1130. The molecular weight excluding hydrogens is 416 g/mol. The van der Waals surface area contributed by atoms with Crippen LogP contribution in [0.5, 0.6) is 5.75 Å². The van der Waals surface area contributed by atoms with E-state index in [2.05, 4.69) is 4.98 Å². The molecule has 3 aromatic rings. The van der Waals surface area contributed by atoms with Gasteiger partial charge < -0.3 is 14.4 Å². The first-order valence-electron chi connectivity index (χ1n) is 11.0. The largest absolute Gasteiger partial charge is 0.487 e. The molecule has 1 aromatic heterocycles. The number of para-hydroxylation sites is 1. The average molecular weight is 443 g/mol. The molecule has 1 amide bonds. The topological polar surface area (TPSA) is 68.7 Å². The standard InChI is InChI=1S/C27H26N2O4/c1-20(27(31)29-18-6-8-22-7-2-3-10-25(22)29)33-26(30)16-13-21-11-14-24(15-12-21)32-19-23-9-4-5-17-28-23/h2-5,7,9-17,20H,6,8,18-19H2,1H3. The Hall–Kier alpha value is -3.93. The van der Waals surface area contributed by atoms with Gasteiger partial charge in [0.15, 0.2) is 6.10 Å². The summed E-state index contributed by atoms with van der Waals surface area (Å²) in [6.45, 7) is 2.62. The molecular formula is C27H26N2O4. The van der Waals surface area contributed by atoms with Crippen LogP contribution in [-0.4, -0.2) is 29.5 Å². The number of ether oxygens (including phenoxy) is 2. The molecule has 168 valence electrons. The Morgan fingerprint density at radius 1 is 1.06 bits per heavy atom. The predicted octanol–water partition coefficient (Wildman–Crippen LogP) is 4.58. The Balaban J connectivity index is 1.29. The molecule has 1 aliphatic heterocycles. The number of aryl methyl sites for hydroxylation is 1. The molecule has 0 bridgehead atoms. The summed E-state index contributed by atoms with van der Waals surface area (Å²) in [6, 6.07) is 20.9. The molecule has 33 heavy (non-hydrogen) atoms. The molecule has 0 N–H and O–H groups in total. The highest BCUT2D eigenvalue weighted by atomic mass is 16.5. The highest BCUT2D eigenvalue weighted by Gasteiger charge is 2.27. The number of fused-ring (bicyclic) bond motifs is 1. The maximum atomic E-state index is 12.9. The van der Waals surface area contributed by atoms with Crippen molar-refractivity contribution in [3.63, 3.8) is 0 Å². The fraction of sp³-hybridized carbons (Fsp3) is 0.222. The van der Waals surface area contributed by atoms with E-state index in [4.69, 9.17) is 9.47 Å². The minimum absolute atomic E-state index is 0.210. The minimum atomic E-state index is -0.865. The first-order valence-corrected chi connectivity index (χ1v) is 11.0. The molecule has 0 saturated heterocycles. The fourth-order valence-electron chi connectivity index (χ4n) is 3.73. The SMILES string of the molecule is CC(OC(=O)C=Cc1ccc(OCc2ccccn2)cc1)C(=O)N1CCCc2ccccc21. The summed E-state index contributed by atoms with van der Waals surface area (Å²) in [5.74, 6) is -0.0589.